The monoisotopic (exact) mass is 315 g/mol. The first-order valence-corrected chi connectivity index (χ1v) is 9.75. The molecule has 1 heterocycles. The van der Waals surface area contributed by atoms with Gasteiger partial charge >= 0.3 is 0 Å². The third-order valence-corrected chi connectivity index (χ3v) is 8.48. The average Bonchev–Trinajstić information content (AvgIpc) is 3.17. The van der Waals surface area contributed by atoms with Gasteiger partial charge in [-0.2, -0.15) is 0 Å². The molecule has 7 heteroatoms. The van der Waals surface area contributed by atoms with Crippen LogP contribution in [0.15, 0.2) is 35.2 Å². The molecule has 0 aromatic heterocycles. The number of sulfonamides is 1. The van der Waals surface area contributed by atoms with Gasteiger partial charge in [-0.15, -0.1) is 0 Å². The standard InChI is InChI=1S/C13H17NO4S2/c15-19(16,11-4-2-1-3-5-11)13-8-9-14(10-13)20(17,18)12-6-7-12/h1-5,12-13H,6-10H2/t13-/m0/s1. The SMILES string of the molecule is O=S(=O)(c1ccccc1)[C@H]1CCN(S(=O)(=O)C2CC2)C1. The van der Waals surface area contributed by atoms with E-state index in [1.165, 1.54) is 4.31 Å². The zero-order valence-corrected chi connectivity index (χ0v) is 12.6. The van der Waals surface area contributed by atoms with Crippen molar-refractivity contribution >= 4 is 19.9 Å². The van der Waals surface area contributed by atoms with Gasteiger partial charge in [0.1, 0.15) is 0 Å². The Balaban J connectivity index is 1.81. The summed E-state index contributed by atoms with van der Waals surface area (Å²) < 4.78 is 50.6. The van der Waals surface area contributed by atoms with Gasteiger partial charge in [0.25, 0.3) is 0 Å². The number of sulfone groups is 1. The number of benzene rings is 1. The van der Waals surface area contributed by atoms with Gasteiger partial charge in [-0.25, -0.2) is 21.1 Å². The molecular formula is C13H17NO4S2. The molecular weight excluding hydrogens is 298 g/mol. The molecule has 2 aliphatic rings. The van der Waals surface area contributed by atoms with Crippen molar-refractivity contribution in [3.63, 3.8) is 0 Å². The molecule has 0 bridgehead atoms. The topological polar surface area (TPSA) is 71.5 Å². The Morgan fingerprint density at radius 1 is 0.900 bits per heavy atom. The molecule has 1 saturated carbocycles. The quantitative estimate of drug-likeness (QED) is 0.832. The Morgan fingerprint density at radius 3 is 2.15 bits per heavy atom. The molecule has 0 radical (unpaired) electrons. The second-order valence-corrected chi connectivity index (χ2v) is 9.81. The highest BCUT2D eigenvalue weighted by Gasteiger charge is 2.45. The van der Waals surface area contributed by atoms with Gasteiger partial charge in [0.05, 0.1) is 15.4 Å². The number of hydrogen-bond donors (Lipinski definition) is 0. The van der Waals surface area contributed by atoms with Gasteiger partial charge in [0.15, 0.2) is 9.84 Å². The summed E-state index contributed by atoms with van der Waals surface area (Å²) in [5.41, 5.74) is 0. The molecule has 1 saturated heterocycles. The fraction of sp³-hybridized carbons (Fsp3) is 0.538. The molecule has 0 amide bonds. The van der Waals surface area contributed by atoms with E-state index < -0.39 is 25.1 Å². The molecule has 1 aliphatic heterocycles. The molecule has 0 N–H and O–H groups in total. The van der Waals surface area contributed by atoms with E-state index in [2.05, 4.69) is 0 Å². The fourth-order valence-electron chi connectivity index (χ4n) is 2.56. The van der Waals surface area contributed by atoms with E-state index in [0.29, 0.717) is 25.8 Å². The normalized spacial score (nSPS) is 24.9. The van der Waals surface area contributed by atoms with Crippen molar-refractivity contribution in [3.8, 4) is 0 Å². The summed E-state index contributed by atoms with van der Waals surface area (Å²) in [6, 6.07) is 8.25. The fourth-order valence-corrected chi connectivity index (χ4v) is 6.27. The van der Waals surface area contributed by atoms with Crippen molar-refractivity contribution in [2.75, 3.05) is 13.1 Å². The van der Waals surface area contributed by atoms with Gasteiger partial charge in [-0.05, 0) is 31.4 Å². The lowest BCUT2D eigenvalue weighted by Gasteiger charge is -2.16. The van der Waals surface area contributed by atoms with Gasteiger partial charge in [-0.3, -0.25) is 0 Å². The minimum atomic E-state index is -3.44. The van der Waals surface area contributed by atoms with Crippen LogP contribution in [0.25, 0.3) is 0 Å². The van der Waals surface area contributed by atoms with Crippen LogP contribution in [0, 0.1) is 0 Å². The van der Waals surface area contributed by atoms with Crippen LogP contribution in [0.2, 0.25) is 0 Å². The Hall–Kier alpha value is -0.920. The highest BCUT2D eigenvalue weighted by Crippen LogP contribution is 2.34. The molecule has 1 aromatic carbocycles. The molecule has 1 atom stereocenters. The predicted molar refractivity (Wildman–Crippen MR) is 75.5 cm³/mol. The summed E-state index contributed by atoms with van der Waals surface area (Å²) in [4.78, 5) is 0.274. The van der Waals surface area contributed by atoms with Crippen LogP contribution in [-0.4, -0.2) is 44.7 Å². The summed E-state index contributed by atoms with van der Waals surface area (Å²) in [5.74, 6) is 0. The van der Waals surface area contributed by atoms with Crippen molar-refractivity contribution in [2.24, 2.45) is 0 Å². The van der Waals surface area contributed by atoms with E-state index in [4.69, 9.17) is 0 Å². The third kappa shape index (κ3) is 2.38. The van der Waals surface area contributed by atoms with Crippen LogP contribution in [0.1, 0.15) is 19.3 Å². The Bertz CT molecular complexity index is 693. The lowest BCUT2D eigenvalue weighted by molar-refractivity contribution is 0.475. The highest BCUT2D eigenvalue weighted by molar-refractivity contribution is 7.92. The highest BCUT2D eigenvalue weighted by atomic mass is 32.2. The predicted octanol–water partition coefficient (Wildman–Crippen LogP) is 1.03. The molecule has 110 valence electrons. The summed E-state index contributed by atoms with van der Waals surface area (Å²) in [6.07, 6.45) is 1.78. The van der Waals surface area contributed by atoms with Crippen LogP contribution >= 0.6 is 0 Å². The van der Waals surface area contributed by atoms with Crippen molar-refractivity contribution in [1.29, 1.82) is 0 Å². The van der Waals surface area contributed by atoms with Crippen molar-refractivity contribution in [2.45, 2.75) is 34.7 Å². The Labute approximate surface area is 119 Å². The average molecular weight is 315 g/mol. The van der Waals surface area contributed by atoms with Gasteiger partial charge < -0.3 is 0 Å². The summed E-state index contributed by atoms with van der Waals surface area (Å²) in [7, 11) is -6.72. The maximum Gasteiger partial charge on any atom is 0.217 e. The minimum absolute atomic E-state index is 0.0933. The largest absolute Gasteiger partial charge is 0.223 e. The summed E-state index contributed by atoms with van der Waals surface area (Å²) in [5, 5.41) is -0.904. The lowest BCUT2D eigenvalue weighted by Crippen LogP contribution is -2.34. The van der Waals surface area contributed by atoms with Gasteiger partial charge in [-0.1, -0.05) is 18.2 Å². The molecule has 20 heavy (non-hydrogen) atoms. The van der Waals surface area contributed by atoms with Crippen LogP contribution in [-0.2, 0) is 19.9 Å². The molecule has 3 rings (SSSR count). The Kier molecular flexibility index (Phi) is 3.38. The molecule has 1 aromatic rings. The maximum atomic E-state index is 12.5. The first-order valence-electron chi connectivity index (χ1n) is 6.70. The van der Waals surface area contributed by atoms with Crippen molar-refractivity contribution < 1.29 is 16.8 Å². The summed E-state index contributed by atoms with van der Waals surface area (Å²) >= 11 is 0. The van der Waals surface area contributed by atoms with E-state index >= 15 is 0 Å². The zero-order valence-electron chi connectivity index (χ0n) is 11.0. The van der Waals surface area contributed by atoms with E-state index in [-0.39, 0.29) is 16.7 Å². The van der Waals surface area contributed by atoms with Crippen LogP contribution < -0.4 is 0 Å². The molecule has 0 spiro atoms. The number of rotatable bonds is 4. The molecule has 1 aliphatic carbocycles. The van der Waals surface area contributed by atoms with E-state index in [1.54, 1.807) is 30.3 Å². The number of nitrogens with zero attached hydrogens (tertiary/aromatic N) is 1. The molecule has 0 unspecified atom stereocenters. The van der Waals surface area contributed by atoms with E-state index in [9.17, 15) is 16.8 Å². The molecule has 5 nitrogen and oxygen atoms in total. The second kappa shape index (κ2) is 4.82. The Morgan fingerprint density at radius 2 is 1.55 bits per heavy atom. The van der Waals surface area contributed by atoms with Gasteiger partial charge in [0.2, 0.25) is 10.0 Å². The van der Waals surface area contributed by atoms with Crippen LogP contribution in [0.4, 0.5) is 0 Å². The molecule has 2 fully saturated rings. The van der Waals surface area contributed by atoms with E-state index in [0.717, 1.165) is 0 Å². The smallest absolute Gasteiger partial charge is 0.217 e. The third-order valence-electron chi connectivity index (χ3n) is 3.92. The zero-order chi connectivity index (χ0) is 14.4. The van der Waals surface area contributed by atoms with Gasteiger partial charge in [0, 0.05) is 13.1 Å². The van der Waals surface area contributed by atoms with Crippen LogP contribution in [0.5, 0.6) is 0 Å². The maximum absolute atomic E-state index is 12.5. The van der Waals surface area contributed by atoms with Crippen molar-refractivity contribution in [1.82, 2.24) is 4.31 Å². The minimum Gasteiger partial charge on any atom is -0.223 e. The second-order valence-electron chi connectivity index (χ2n) is 5.37. The summed E-state index contributed by atoms with van der Waals surface area (Å²) in [6.45, 7) is 0.408. The number of hydrogen-bond acceptors (Lipinski definition) is 4. The lowest BCUT2D eigenvalue weighted by atomic mass is 10.4. The van der Waals surface area contributed by atoms with E-state index in [1.807, 2.05) is 0 Å². The first-order chi connectivity index (χ1) is 9.42. The first kappa shape index (κ1) is 14.0. The van der Waals surface area contributed by atoms with Crippen molar-refractivity contribution in [3.05, 3.63) is 30.3 Å². The van der Waals surface area contributed by atoms with Crippen LogP contribution in [0.3, 0.4) is 0 Å².